The summed E-state index contributed by atoms with van der Waals surface area (Å²) in [5.41, 5.74) is 3.86. The Hall–Kier alpha value is -2.14. The minimum absolute atomic E-state index is 0.00996. The van der Waals surface area contributed by atoms with Crippen LogP contribution in [-0.4, -0.2) is 29.0 Å². The van der Waals surface area contributed by atoms with Crippen molar-refractivity contribution in [3.8, 4) is 0 Å². The van der Waals surface area contributed by atoms with Crippen molar-refractivity contribution in [2.75, 3.05) is 13.2 Å². The molecule has 2 N–H and O–H groups in total. The van der Waals surface area contributed by atoms with E-state index in [2.05, 4.69) is 47.3 Å². The van der Waals surface area contributed by atoms with E-state index < -0.39 is 0 Å². The number of carbonyl (C=O) groups excluding carboxylic acids is 1. The number of aromatic amines is 1. The van der Waals surface area contributed by atoms with Gasteiger partial charge in [-0.05, 0) is 29.4 Å². The summed E-state index contributed by atoms with van der Waals surface area (Å²) in [5.74, 6) is 0.632. The van der Waals surface area contributed by atoms with Crippen LogP contribution >= 0.6 is 0 Å². The van der Waals surface area contributed by atoms with Crippen LogP contribution in [0.3, 0.4) is 0 Å². The monoisotopic (exact) mass is 311 g/mol. The third-order valence-electron chi connectivity index (χ3n) is 4.64. The second-order valence-corrected chi connectivity index (χ2v) is 7.17. The van der Waals surface area contributed by atoms with Crippen molar-refractivity contribution in [1.29, 1.82) is 0 Å². The highest BCUT2D eigenvalue weighted by atomic mass is 16.5. The molecule has 23 heavy (non-hydrogen) atoms. The number of aromatic nitrogens is 2. The van der Waals surface area contributed by atoms with Gasteiger partial charge in [0.25, 0.3) is 5.91 Å². The molecule has 1 atom stereocenters. The van der Waals surface area contributed by atoms with Gasteiger partial charge in [0.2, 0.25) is 0 Å². The number of nitrogens with one attached hydrogen (secondary N) is 2. The van der Waals surface area contributed by atoms with E-state index in [0.717, 1.165) is 29.9 Å². The first kappa shape index (κ1) is 14.5. The van der Waals surface area contributed by atoms with Gasteiger partial charge in [0.1, 0.15) is 17.6 Å². The van der Waals surface area contributed by atoms with Crippen molar-refractivity contribution in [1.82, 2.24) is 15.3 Å². The fourth-order valence-electron chi connectivity index (χ4n) is 3.43. The molecule has 3 heterocycles. The Bertz CT molecular complexity index is 763. The second kappa shape index (κ2) is 5.20. The van der Waals surface area contributed by atoms with E-state index in [4.69, 9.17) is 4.74 Å². The van der Waals surface area contributed by atoms with Gasteiger partial charge in [0.15, 0.2) is 0 Å². The molecule has 0 saturated heterocycles. The number of fused-ring (bicyclic) bond motifs is 2. The van der Waals surface area contributed by atoms with Crippen molar-refractivity contribution in [2.45, 2.75) is 32.8 Å². The van der Waals surface area contributed by atoms with Crippen molar-refractivity contribution in [3.05, 3.63) is 52.6 Å². The molecule has 2 aromatic rings. The first-order valence-corrected chi connectivity index (χ1v) is 8.10. The molecule has 2 aliphatic rings. The van der Waals surface area contributed by atoms with Gasteiger partial charge in [-0.15, -0.1) is 0 Å². The Kier molecular flexibility index (Phi) is 3.27. The highest BCUT2D eigenvalue weighted by Gasteiger charge is 2.32. The molecule has 5 nitrogen and oxygen atoms in total. The molecule has 4 rings (SSSR count). The summed E-state index contributed by atoms with van der Waals surface area (Å²) in [5, 5.41) is 2.96. The number of imidazole rings is 1. The van der Waals surface area contributed by atoms with Crippen LogP contribution in [0.4, 0.5) is 0 Å². The average molecular weight is 311 g/mol. The SMILES string of the molecule is CC1(C)CNC(=O)c2nc([C@H]3OCCc4ccccc43)[nH]c2C1. The number of rotatable bonds is 1. The number of hydrogen-bond donors (Lipinski definition) is 2. The number of nitrogens with zero attached hydrogens (tertiary/aromatic N) is 1. The molecule has 0 aliphatic carbocycles. The molecule has 0 fully saturated rings. The minimum Gasteiger partial charge on any atom is -0.365 e. The van der Waals surface area contributed by atoms with E-state index >= 15 is 0 Å². The van der Waals surface area contributed by atoms with Crippen molar-refractivity contribution in [3.63, 3.8) is 0 Å². The van der Waals surface area contributed by atoms with E-state index in [1.807, 2.05) is 6.07 Å². The Morgan fingerprint density at radius 3 is 3.00 bits per heavy atom. The van der Waals surface area contributed by atoms with E-state index in [1.165, 1.54) is 5.56 Å². The summed E-state index contributed by atoms with van der Waals surface area (Å²) in [4.78, 5) is 20.3. The average Bonchev–Trinajstić information content (AvgIpc) is 2.90. The van der Waals surface area contributed by atoms with Gasteiger partial charge >= 0.3 is 0 Å². The zero-order valence-electron chi connectivity index (χ0n) is 13.5. The maximum atomic E-state index is 12.3. The zero-order valence-corrected chi connectivity index (χ0v) is 13.5. The second-order valence-electron chi connectivity index (χ2n) is 7.17. The maximum Gasteiger partial charge on any atom is 0.271 e. The molecule has 2 aliphatic heterocycles. The largest absolute Gasteiger partial charge is 0.365 e. The van der Waals surface area contributed by atoms with E-state index in [0.29, 0.717) is 18.8 Å². The van der Waals surface area contributed by atoms with Gasteiger partial charge < -0.3 is 15.0 Å². The predicted molar refractivity (Wildman–Crippen MR) is 86.3 cm³/mol. The lowest BCUT2D eigenvalue weighted by Gasteiger charge is -2.25. The van der Waals surface area contributed by atoms with Crippen molar-refractivity contribution in [2.24, 2.45) is 5.41 Å². The third kappa shape index (κ3) is 2.55. The van der Waals surface area contributed by atoms with Gasteiger partial charge in [-0.25, -0.2) is 4.98 Å². The predicted octanol–water partition coefficient (Wildman–Crippen LogP) is 2.38. The summed E-state index contributed by atoms with van der Waals surface area (Å²) < 4.78 is 5.96. The summed E-state index contributed by atoms with van der Waals surface area (Å²) in [6.07, 6.45) is 1.49. The molecule has 120 valence electrons. The van der Waals surface area contributed by atoms with E-state index in [9.17, 15) is 4.79 Å². The highest BCUT2D eigenvalue weighted by molar-refractivity contribution is 5.94. The molecule has 0 saturated carbocycles. The van der Waals surface area contributed by atoms with Crippen molar-refractivity contribution < 1.29 is 9.53 Å². The van der Waals surface area contributed by atoms with E-state index in [1.54, 1.807) is 0 Å². The Morgan fingerprint density at radius 2 is 2.13 bits per heavy atom. The molecule has 0 radical (unpaired) electrons. The van der Waals surface area contributed by atoms with Gasteiger partial charge in [-0.1, -0.05) is 38.1 Å². The van der Waals surface area contributed by atoms with E-state index in [-0.39, 0.29) is 17.4 Å². The fourth-order valence-corrected chi connectivity index (χ4v) is 3.43. The van der Waals surface area contributed by atoms with Crippen LogP contribution in [-0.2, 0) is 17.6 Å². The van der Waals surface area contributed by atoms with Gasteiger partial charge in [-0.3, -0.25) is 4.79 Å². The van der Waals surface area contributed by atoms with Crippen LogP contribution in [0.2, 0.25) is 0 Å². The molecule has 5 heteroatoms. The minimum atomic E-state index is -0.220. The fraction of sp³-hybridized carbons (Fsp3) is 0.444. The Labute approximate surface area is 135 Å². The quantitative estimate of drug-likeness (QED) is 0.850. The lowest BCUT2D eigenvalue weighted by atomic mass is 9.88. The summed E-state index contributed by atoms with van der Waals surface area (Å²) >= 11 is 0. The van der Waals surface area contributed by atoms with Crippen LogP contribution in [0.15, 0.2) is 24.3 Å². The number of carbonyl (C=O) groups is 1. The highest BCUT2D eigenvalue weighted by Crippen LogP contribution is 2.33. The van der Waals surface area contributed by atoms with Gasteiger partial charge in [-0.2, -0.15) is 0 Å². The summed E-state index contributed by atoms with van der Waals surface area (Å²) in [6, 6.07) is 8.28. The topological polar surface area (TPSA) is 67.0 Å². The Morgan fingerprint density at radius 1 is 1.30 bits per heavy atom. The normalized spacial score (nSPS) is 22.7. The van der Waals surface area contributed by atoms with Crippen LogP contribution in [0.1, 0.15) is 53.1 Å². The number of hydrogen-bond acceptors (Lipinski definition) is 3. The van der Waals surface area contributed by atoms with Crippen LogP contribution in [0.5, 0.6) is 0 Å². The molecular formula is C18H21N3O2. The standard InChI is InChI=1S/C18H21N3O2/c1-18(2)9-13-14(17(22)19-10-18)21-16(20-13)15-12-6-4-3-5-11(12)7-8-23-15/h3-6,15H,7-10H2,1-2H3,(H,19,22)(H,20,21)/t15-/m0/s1. The first-order valence-electron chi connectivity index (χ1n) is 8.10. The molecule has 0 bridgehead atoms. The van der Waals surface area contributed by atoms with Gasteiger partial charge in [0, 0.05) is 12.2 Å². The maximum absolute atomic E-state index is 12.3. The molecule has 1 amide bonds. The number of H-pyrrole nitrogens is 1. The van der Waals surface area contributed by atoms with Gasteiger partial charge in [0.05, 0.1) is 6.61 Å². The molecule has 1 aromatic heterocycles. The summed E-state index contributed by atoms with van der Waals surface area (Å²) in [7, 11) is 0. The van der Waals surface area contributed by atoms with Crippen molar-refractivity contribution >= 4 is 5.91 Å². The van der Waals surface area contributed by atoms with Crippen LogP contribution in [0, 0.1) is 5.41 Å². The molecule has 1 aromatic carbocycles. The third-order valence-corrected chi connectivity index (χ3v) is 4.64. The van der Waals surface area contributed by atoms with Crippen LogP contribution in [0.25, 0.3) is 0 Å². The smallest absolute Gasteiger partial charge is 0.271 e. The lowest BCUT2D eigenvalue weighted by Crippen LogP contribution is -2.32. The Balaban J connectivity index is 1.75. The molecular weight excluding hydrogens is 290 g/mol. The number of benzene rings is 1. The lowest BCUT2D eigenvalue weighted by molar-refractivity contribution is 0.0643. The molecule has 0 spiro atoms. The first-order chi connectivity index (χ1) is 11.0. The number of ether oxygens (including phenoxy) is 1. The van der Waals surface area contributed by atoms with Crippen LogP contribution < -0.4 is 5.32 Å². The molecule has 0 unspecified atom stereocenters. The number of amides is 1. The summed E-state index contributed by atoms with van der Waals surface area (Å²) in [6.45, 7) is 5.63. The zero-order chi connectivity index (χ0) is 16.0.